The third-order valence-corrected chi connectivity index (χ3v) is 6.70. The van der Waals surface area contributed by atoms with Crippen molar-refractivity contribution < 1.29 is 8.42 Å². The van der Waals surface area contributed by atoms with Gasteiger partial charge in [-0.2, -0.15) is 0 Å². The van der Waals surface area contributed by atoms with Crippen LogP contribution in [0.2, 0.25) is 0 Å². The van der Waals surface area contributed by atoms with Crippen LogP contribution in [0.5, 0.6) is 0 Å². The van der Waals surface area contributed by atoms with Crippen LogP contribution in [0.4, 0.5) is 11.4 Å². The number of amidine groups is 1. The number of sulfone groups is 1. The summed E-state index contributed by atoms with van der Waals surface area (Å²) in [5.74, 6) is 0.805. The van der Waals surface area contributed by atoms with Crippen LogP contribution < -0.4 is 4.90 Å². The van der Waals surface area contributed by atoms with Crippen molar-refractivity contribution in [1.82, 2.24) is 0 Å². The van der Waals surface area contributed by atoms with Crippen molar-refractivity contribution in [3.05, 3.63) is 86.8 Å². The Morgan fingerprint density at radius 3 is 2.11 bits per heavy atom. The smallest absolute Gasteiger partial charge is 0.175 e. The summed E-state index contributed by atoms with van der Waals surface area (Å²) in [5.41, 5.74) is 3.72. The minimum absolute atomic E-state index is 0.326. The fourth-order valence-electron chi connectivity index (χ4n) is 3.13. The van der Waals surface area contributed by atoms with Gasteiger partial charge in [0.1, 0.15) is 5.84 Å². The van der Waals surface area contributed by atoms with Gasteiger partial charge in [-0.3, -0.25) is 0 Å². The van der Waals surface area contributed by atoms with Crippen molar-refractivity contribution >= 4 is 58.9 Å². The maximum absolute atomic E-state index is 12.0. The molecule has 0 N–H and O–H groups in total. The van der Waals surface area contributed by atoms with Gasteiger partial charge < -0.3 is 4.90 Å². The van der Waals surface area contributed by atoms with Gasteiger partial charge in [0.25, 0.3) is 0 Å². The fourth-order valence-corrected chi connectivity index (χ4v) is 4.33. The SMILES string of the molecule is CS(=O)(=O)c1ccc2c(c1)CN(c1ccc(Br)cc1)C2=Nc1ccc(Br)cc1. The Hall–Kier alpha value is -1.96. The fraction of sp³-hybridized carbons (Fsp3) is 0.0952. The first-order chi connectivity index (χ1) is 13.3. The number of aliphatic imine (C=N–C) groups is 1. The molecule has 0 amide bonds. The van der Waals surface area contributed by atoms with E-state index in [1.807, 2.05) is 54.6 Å². The molecule has 1 heterocycles. The molecule has 142 valence electrons. The average molecular weight is 520 g/mol. The van der Waals surface area contributed by atoms with Gasteiger partial charge in [0.15, 0.2) is 9.84 Å². The predicted molar refractivity (Wildman–Crippen MR) is 120 cm³/mol. The molecule has 0 atom stereocenters. The Kier molecular flexibility index (Phi) is 5.16. The van der Waals surface area contributed by atoms with Crippen molar-refractivity contribution in [2.75, 3.05) is 11.2 Å². The van der Waals surface area contributed by atoms with Crippen molar-refractivity contribution in [3.63, 3.8) is 0 Å². The first-order valence-electron chi connectivity index (χ1n) is 8.52. The van der Waals surface area contributed by atoms with Crippen LogP contribution in [-0.4, -0.2) is 20.5 Å². The number of fused-ring (bicyclic) bond motifs is 1. The van der Waals surface area contributed by atoms with Crippen LogP contribution in [0.15, 0.2) is 85.6 Å². The van der Waals surface area contributed by atoms with E-state index in [0.717, 1.165) is 37.3 Å². The monoisotopic (exact) mass is 518 g/mol. The predicted octanol–water partition coefficient (Wildman–Crippen LogP) is 5.71. The second-order valence-electron chi connectivity index (χ2n) is 6.57. The third kappa shape index (κ3) is 3.92. The maximum Gasteiger partial charge on any atom is 0.175 e. The number of nitrogens with zero attached hydrogens (tertiary/aromatic N) is 2. The molecule has 3 aromatic carbocycles. The van der Waals surface area contributed by atoms with Gasteiger partial charge >= 0.3 is 0 Å². The van der Waals surface area contributed by atoms with Gasteiger partial charge in [-0.1, -0.05) is 31.9 Å². The molecule has 0 bridgehead atoms. The highest BCUT2D eigenvalue weighted by Crippen LogP contribution is 2.33. The summed E-state index contributed by atoms with van der Waals surface area (Å²) in [6.45, 7) is 0.565. The molecule has 28 heavy (non-hydrogen) atoms. The van der Waals surface area contributed by atoms with E-state index >= 15 is 0 Å². The summed E-state index contributed by atoms with van der Waals surface area (Å²) >= 11 is 6.92. The third-order valence-electron chi connectivity index (χ3n) is 4.53. The van der Waals surface area contributed by atoms with E-state index in [-0.39, 0.29) is 0 Å². The Balaban J connectivity index is 1.85. The number of hydrogen-bond donors (Lipinski definition) is 0. The highest BCUT2D eigenvalue weighted by atomic mass is 79.9. The van der Waals surface area contributed by atoms with Crippen molar-refractivity contribution in [1.29, 1.82) is 0 Å². The molecule has 0 unspecified atom stereocenters. The molecule has 0 fully saturated rings. The molecule has 4 rings (SSSR count). The molecule has 3 aromatic rings. The summed E-state index contributed by atoms with van der Waals surface area (Å²) in [4.78, 5) is 7.30. The lowest BCUT2D eigenvalue weighted by Gasteiger charge is -2.19. The zero-order valence-electron chi connectivity index (χ0n) is 14.9. The molecular weight excluding hydrogens is 504 g/mol. The summed E-state index contributed by atoms with van der Waals surface area (Å²) in [7, 11) is -3.26. The Labute approximate surface area is 181 Å². The summed E-state index contributed by atoms with van der Waals surface area (Å²) in [6, 6.07) is 21.0. The van der Waals surface area contributed by atoms with Crippen LogP contribution in [0, 0.1) is 0 Å². The summed E-state index contributed by atoms with van der Waals surface area (Å²) in [6.07, 6.45) is 1.23. The van der Waals surface area contributed by atoms with Gasteiger partial charge in [-0.15, -0.1) is 0 Å². The van der Waals surface area contributed by atoms with E-state index in [9.17, 15) is 8.42 Å². The van der Waals surface area contributed by atoms with Gasteiger partial charge in [-0.25, -0.2) is 13.4 Å². The molecular formula is C21H16Br2N2O2S. The molecule has 0 aliphatic carbocycles. The number of rotatable bonds is 3. The van der Waals surface area contributed by atoms with E-state index in [0.29, 0.717) is 11.4 Å². The zero-order chi connectivity index (χ0) is 19.9. The largest absolute Gasteiger partial charge is 0.321 e. The van der Waals surface area contributed by atoms with Gasteiger partial charge in [0, 0.05) is 26.5 Å². The van der Waals surface area contributed by atoms with Crippen LogP contribution >= 0.6 is 31.9 Å². The number of hydrogen-bond acceptors (Lipinski definition) is 3. The topological polar surface area (TPSA) is 49.7 Å². The van der Waals surface area contributed by atoms with Crippen LogP contribution in [0.1, 0.15) is 11.1 Å². The summed E-state index contributed by atoms with van der Waals surface area (Å²) < 4.78 is 25.9. The molecule has 0 aromatic heterocycles. The molecule has 1 aliphatic rings. The molecule has 0 saturated heterocycles. The normalized spacial score (nSPS) is 15.1. The van der Waals surface area contributed by atoms with Gasteiger partial charge in [-0.05, 0) is 72.3 Å². The Morgan fingerprint density at radius 1 is 0.893 bits per heavy atom. The lowest BCUT2D eigenvalue weighted by atomic mass is 10.1. The van der Waals surface area contributed by atoms with Crippen molar-refractivity contribution in [2.45, 2.75) is 11.4 Å². The van der Waals surface area contributed by atoms with Crippen LogP contribution in [-0.2, 0) is 16.4 Å². The second-order valence-corrected chi connectivity index (χ2v) is 10.4. The highest BCUT2D eigenvalue weighted by molar-refractivity contribution is 9.10. The molecule has 0 spiro atoms. The second kappa shape index (κ2) is 7.46. The lowest BCUT2D eigenvalue weighted by Crippen LogP contribution is -2.23. The maximum atomic E-state index is 12.0. The molecule has 0 radical (unpaired) electrons. The molecule has 1 aliphatic heterocycles. The number of halogens is 2. The minimum Gasteiger partial charge on any atom is -0.321 e. The Bertz CT molecular complexity index is 1170. The molecule has 4 nitrogen and oxygen atoms in total. The van der Waals surface area contributed by atoms with Gasteiger partial charge in [0.2, 0.25) is 0 Å². The summed E-state index contributed by atoms with van der Waals surface area (Å²) in [5, 5.41) is 0. The minimum atomic E-state index is -3.26. The van der Waals surface area contributed by atoms with E-state index in [1.54, 1.807) is 12.1 Å². The lowest BCUT2D eigenvalue weighted by molar-refractivity contribution is 0.602. The van der Waals surface area contributed by atoms with Crippen LogP contribution in [0.25, 0.3) is 0 Å². The first kappa shape index (κ1) is 19.4. The standard InChI is InChI=1S/C21H16Br2N2O2S/c1-28(26,27)19-10-11-20-14(12-19)13-25(18-8-4-16(23)5-9-18)21(20)24-17-6-2-15(22)3-7-17/h2-12H,13H2,1H3. The number of benzene rings is 3. The molecule has 7 heteroatoms. The highest BCUT2D eigenvalue weighted by Gasteiger charge is 2.28. The van der Waals surface area contributed by atoms with Crippen LogP contribution in [0.3, 0.4) is 0 Å². The number of anilines is 1. The van der Waals surface area contributed by atoms with Crippen molar-refractivity contribution in [2.24, 2.45) is 4.99 Å². The van der Waals surface area contributed by atoms with E-state index in [4.69, 9.17) is 4.99 Å². The Morgan fingerprint density at radius 2 is 1.50 bits per heavy atom. The first-order valence-corrected chi connectivity index (χ1v) is 12.0. The van der Waals surface area contributed by atoms with Crippen molar-refractivity contribution in [3.8, 4) is 0 Å². The van der Waals surface area contributed by atoms with E-state index in [1.165, 1.54) is 6.26 Å². The van der Waals surface area contributed by atoms with E-state index < -0.39 is 9.84 Å². The quantitative estimate of drug-likeness (QED) is 0.445. The average Bonchev–Trinajstić information content (AvgIpc) is 3.01. The van der Waals surface area contributed by atoms with Gasteiger partial charge in [0.05, 0.1) is 17.1 Å². The zero-order valence-corrected chi connectivity index (χ0v) is 18.9. The van der Waals surface area contributed by atoms with E-state index in [2.05, 4.69) is 36.8 Å². The molecule has 0 saturated carbocycles.